The minimum Gasteiger partial charge on any atom is -0.486 e. The van der Waals surface area contributed by atoms with Gasteiger partial charge in [0, 0.05) is 24.5 Å². The number of hydrogen-bond acceptors (Lipinski definition) is 4. The molecule has 3 aromatic rings. The Bertz CT molecular complexity index is 984. The number of fused-ring (bicyclic) bond motifs is 1. The van der Waals surface area contributed by atoms with Crippen LogP contribution in [0.2, 0.25) is 0 Å². The standard InChI is InChI=1S/C22H26N4O2.2ClH/c1-15-6-11-21-24-18(13-26(21)12-15)14-28-20-5-3-2-4-19(20)22(27)25-17-9-7-16(23)8-10-17;;/h2-6,11-13,16-17H,7-10,14,23H2,1H3,(H,25,27);2*1H. The van der Waals surface area contributed by atoms with Crippen molar-refractivity contribution in [3.05, 3.63) is 65.6 Å². The molecule has 30 heavy (non-hydrogen) atoms. The molecule has 0 radical (unpaired) electrons. The van der Waals surface area contributed by atoms with Gasteiger partial charge in [-0.3, -0.25) is 4.79 Å². The fraction of sp³-hybridized carbons (Fsp3) is 0.364. The second-order valence-electron chi connectivity index (χ2n) is 7.57. The number of halogens is 2. The van der Waals surface area contributed by atoms with Crippen molar-refractivity contribution in [3.63, 3.8) is 0 Å². The van der Waals surface area contributed by atoms with Crippen LogP contribution in [-0.4, -0.2) is 27.4 Å². The summed E-state index contributed by atoms with van der Waals surface area (Å²) >= 11 is 0. The predicted octanol–water partition coefficient (Wildman–Crippen LogP) is 4.07. The van der Waals surface area contributed by atoms with Crippen LogP contribution in [0.1, 0.15) is 47.3 Å². The molecule has 1 saturated carbocycles. The smallest absolute Gasteiger partial charge is 0.255 e. The number of rotatable bonds is 5. The molecule has 2 heterocycles. The van der Waals surface area contributed by atoms with Gasteiger partial charge in [-0.2, -0.15) is 0 Å². The molecule has 0 saturated heterocycles. The van der Waals surface area contributed by atoms with Crippen LogP contribution in [0, 0.1) is 6.92 Å². The van der Waals surface area contributed by atoms with Crippen LogP contribution < -0.4 is 15.8 Å². The van der Waals surface area contributed by atoms with Crippen molar-refractivity contribution in [3.8, 4) is 5.75 Å². The van der Waals surface area contributed by atoms with Crippen molar-refractivity contribution in [2.45, 2.75) is 51.3 Å². The van der Waals surface area contributed by atoms with E-state index in [0.717, 1.165) is 37.0 Å². The van der Waals surface area contributed by atoms with Crippen LogP contribution in [0.3, 0.4) is 0 Å². The maximum absolute atomic E-state index is 12.8. The van der Waals surface area contributed by atoms with Crippen molar-refractivity contribution in [1.29, 1.82) is 0 Å². The molecule has 0 aliphatic heterocycles. The van der Waals surface area contributed by atoms with Crippen LogP contribution in [0.5, 0.6) is 5.75 Å². The van der Waals surface area contributed by atoms with Crippen molar-refractivity contribution in [2.75, 3.05) is 0 Å². The van der Waals surface area contributed by atoms with Gasteiger partial charge in [-0.1, -0.05) is 18.2 Å². The van der Waals surface area contributed by atoms with E-state index < -0.39 is 0 Å². The molecule has 0 bridgehead atoms. The topological polar surface area (TPSA) is 81.6 Å². The van der Waals surface area contributed by atoms with E-state index in [1.54, 1.807) is 6.07 Å². The summed E-state index contributed by atoms with van der Waals surface area (Å²) < 4.78 is 7.94. The molecule has 1 aromatic carbocycles. The molecular weight excluding hydrogens is 423 g/mol. The largest absolute Gasteiger partial charge is 0.486 e. The molecule has 1 aliphatic carbocycles. The first kappa shape index (κ1) is 24.0. The Morgan fingerprint density at radius 2 is 1.87 bits per heavy atom. The summed E-state index contributed by atoms with van der Waals surface area (Å²) in [7, 11) is 0. The first-order valence-corrected chi connectivity index (χ1v) is 9.81. The lowest BCUT2D eigenvalue weighted by Gasteiger charge is -2.27. The molecular formula is C22H28Cl2N4O2. The van der Waals surface area contributed by atoms with E-state index in [4.69, 9.17) is 10.5 Å². The number of benzene rings is 1. The number of amides is 1. The summed E-state index contributed by atoms with van der Waals surface area (Å²) in [5.41, 5.74) is 9.38. The zero-order valence-corrected chi connectivity index (χ0v) is 18.5. The summed E-state index contributed by atoms with van der Waals surface area (Å²) in [4.78, 5) is 17.3. The fourth-order valence-corrected chi connectivity index (χ4v) is 3.68. The van der Waals surface area contributed by atoms with Gasteiger partial charge in [0.25, 0.3) is 5.91 Å². The number of carbonyl (C=O) groups excluding carboxylic acids is 1. The SMILES string of the molecule is Cc1ccc2nc(COc3ccccc3C(=O)NC3CCC(N)CC3)cn2c1.Cl.Cl. The predicted molar refractivity (Wildman–Crippen MR) is 123 cm³/mol. The van der Waals surface area contributed by atoms with E-state index in [1.165, 1.54) is 5.56 Å². The van der Waals surface area contributed by atoms with Crippen molar-refractivity contribution < 1.29 is 9.53 Å². The van der Waals surface area contributed by atoms with Gasteiger partial charge in [0.05, 0.1) is 11.3 Å². The van der Waals surface area contributed by atoms with E-state index in [0.29, 0.717) is 17.9 Å². The lowest BCUT2D eigenvalue weighted by Crippen LogP contribution is -2.40. The first-order chi connectivity index (χ1) is 13.6. The van der Waals surface area contributed by atoms with E-state index in [-0.39, 0.29) is 42.8 Å². The van der Waals surface area contributed by atoms with E-state index in [2.05, 4.69) is 10.3 Å². The van der Waals surface area contributed by atoms with Gasteiger partial charge >= 0.3 is 0 Å². The number of hydrogen-bond donors (Lipinski definition) is 2. The summed E-state index contributed by atoms with van der Waals surface area (Å²) in [5, 5.41) is 3.13. The molecule has 8 heteroatoms. The molecule has 0 spiro atoms. The highest BCUT2D eigenvalue weighted by Gasteiger charge is 2.22. The molecule has 1 amide bonds. The Labute approximate surface area is 189 Å². The Morgan fingerprint density at radius 3 is 2.63 bits per heavy atom. The van der Waals surface area contributed by atoms with E-state index in [1.807, 2.05) is 54.0 Å². The lowest BCUT2D eigenvalue weighted by molar-refractivity contribution is 0.0921. The second-order valence-corrected chi connectivity index (χ2v) is 7.57. The third-order valence-electron chi connectivity index (χ3n) is 5.26. The normalized spacial score (nSPS) is 18.2. The molecule has 2 aromatic heterocycles. The Hall–Kier alpha value is -2.28. The number of nitrogens with two attached hydrogens (primary N) is 1. The van der Waals surface area contributed by atoms with Gasteiger partial charge in [-0.15, -0.1) is 24.8 Å². The van der Waals surface area contributed by atoms with Crippen molar-refractivity contribution in [2.24, 2.45) is 5.73 Å². The monoisotopic (exact) mass is 450 g/mol. The number of nitrogens with zero attached hydrogens (tertiary/aromatic N) is 2. The van der Waals surface area contributed by atoms with E-state index >= 15 is 0 Å². The van der Waals surface area contributed by atoms with Crippen LogP contribution in [0.15, 0.2) is 48.8 Å². The van der Waals surface area contributed by atoms with Crippen LogP contribution >= 0.6 is 24.8 Å². The number of ether oxygens (including phenoxy) is 1. The number of aromatic nitrogens is 2. The van der Waals surface area contributed by atoms with Gasteiger partial charge in [0.1, 0.15) is 18.0 Å². The average Bonchev–Trinajstić information content (AvgIpc) is 3.10. The molecule has 0 unspecified atom stereocenters. The minimum atomic E-state index is -0.0957. The van der Waals surface area contributed by atoms with Gasteiger partial charge in [0.2, 0.25) is 0 Å². The number of imidazole rings is 1. The molecule has 6 nitrogen and oxygen atoms in total. The summed E-state index contributed by atoms with van der Waals surface area (Å²) in [5.74, 6) is 0.474. The Morgan fingerprint density at radius 1 is 1.13 bits per heavy atom. The van der Waals surface area contributed by atoms with E-state index in [9.17, 15) is 4.79 Å². The number of para-hydroxylation sites is 1. The van der Waals surface area contributed by atoms with Crippen LogP contribution in [0.4, 0.5) is 0 Å². The Kier molecular flexibility index (Phi) is 8.53. The number of aryl methyl sites for hydroxylation is 1. The summed E-state index contributed by atoms with van der Waals surface area (Å²) in [6.07, 6.45) is 7.75. The number of nitrogens with one attached hydrogen (secondary N) is 1. The van der Waals surface area contributed by atoms with Crippen LogP contribution in [-0.2, 0) is 6.61 Å². The highest BCUT2D eigenvalue weighted by atomic mass is 35.5. The molecule has 4 rings (SSSR count). The molecule has 162 valence electrons. The number of carbonyl (C=O) groups is 1. The molecule has 3 N–H and O–H groups in total. The maximum Gasteiger partial charge on any atom is 0.255 e. The fourth-order valence-electron chi connectivity index (χ4n) is 3.68. The maximum atomic E-state index is 12.8. The summed E-state index contributed by atoms with van der Waals surface area (Å²) in [6, 6.07) is 11.8. The van der Waals surface area contributed by atoms with Gasteiger partial charge < -0.3 is 20.2 Å². The van der Waals surface area contributed by atoms with Gasteiger partial charge in [-0.25, -0.2) is 4.98 Å². The van der Waals surface area contributed by atoms with Crippen LogP contribution in [0.25, 0.3) is 5.65 Å². The number of pyridine rings is 1. The van der Waals surface area contributed by atoms with Crippen molar-refractivity contribution >= 4 is 36.4 Å². The zero-order chi connectivity index (χ0) is 19.5. The zero-order valence-electron chi connectivity index (χ0n) is 16.9. The van der Waals surface area contributed by atoms with Crippen molar-refractivity contribution in [1.82, 2.24) is 14.7 Å². The highest BCUT2D eigenvalue weighted by molar-refractivity contribution is 5.97. The third-order valence-corrected chi connectivity index (χ3v) is 5.26. The highest BCUT2D eigenvalue weighted by Crippen LogP contribution is 2.22. The molecule has 0 atom stereocenters. The average molecular weight is 451 g/mol. The first-order valence-electron chi connectivity index (χ1n) is 9.81. The second kappa shape index (κ2) is 10.7. The quantitative estimate of drug-likeness (QED) is 0.613. The lowest BCUT2D eigenvalue weighted by atomic mass is 9.91. The minimum absolute atomic E-state index is 0. The third kappa shape index (κ3) is 5.65. The van der Waals surface area contributed by atoms with Gasteiger partial charge in [-0.05, 0) is 56.4 Å². The molecule has 1 fully saturated rings. The molecule has 1 aliphatic rings. The van der Waals surface area contributed by atoms with Gasteiger partial charge in [0.15, 0.2) is 0 Å². The summed E-state index contributed by atoms with van der Waals surface area (Å²) in [6.45, 7) is 2.35. The Balaban J connectivity index is 0.00000160.